The topological polar surface area (TPSA) is 41.6 Å². The van der Waals surface area contributed by atoms with Crippen LogP contribution in [0.2, 0.25) is 5.02 Å². The predicted molar refractivity (Wildman–Crippen MR) is 95.2 cm³/mol. The van der Waals surface area contributed by atoms with Gasteiger partial charge in [0.15, 0.2) is 6.10 Å². The molecule has 0 radical (unpaired) electrons. The minimum atomic E-state index is -0.516. The number of hydrogen-bond donors (Lipinski definition) is 1. The third-order valence-electron chi connectivity index (χ3n) is 3.69. The maximum atomic E-state index is 12.5. The van der Waals surface area contributed by atoms with Gasteiger partial charge in [-0.05, 0) is 60.9 Å². The molecule has 4 nitrogen and oxygen atoms in total. The Morgan fingerprint density at radius 1 is 1.55 bits per heavy atom. The molecule has 1 aliphatic heterocycles. The lowest BCUT2D eigenvalue weighted by molar-refractivity contribution is -0.139. The van der Waals surface area contributed by atoms with Crippen LogP contribution >= 0.6 is 39.9 Å². The van der Waals surface area contributed by atoms with Gasteiger partial charge in [0.2, 0.25) is 0 Å². The van der Waals surface area contributed by atoms with E-state index in [1.807, 2.05) is 11.9 Å². The van der Waals surface area contributed by atoms with Gasteiger partial charge < -0.3 is 15.0 Å². The van der Waals surface area contributed by atoms with E-state index in [1.54, 1.807) is 25.1 Å². The monoisotopic (exact) mass is 410 g/mol. The molecule has 1 aromatic rings. The lowest BCUT2D eigenvalue weighted by atomic mass is 10.1. The van der Waals surface area contributed by atoms with Gasteiger partial charge in [-0.1, -0.05) is 11.6 Å². The highest BCUT2D eigenvalue weighted by Crippen LogP contribution is 2.29. The molecule has 0 spiro atoms. The van der Waals surface area contributed by atoms with Crippen LogP contribution in [0.15, 0.2) is 22.7 Å². The molecule has 1 aliphatic rings. The van der Waals surface area contributed by atoms with Gasteiger partial charge in [0.1, 0.15) is 5.75 Å². The molecule has 0 aromatic heterocycles. The minimum absolute atomic E-state index is 0. The maximum Gasteiger partial charge on any atom is 0.263 e. The molecular formula is C15H21BrCl2N2O2. The zero-order chi connectivity index (χ0) is 15.4. The Morgan fingerprint density at radius 3 is 2.91 bits per heavy atom. The van der Waals surface area contributed by atoms with Gasteiger partial charge in [-0.25, -0.2) is 0 Å². The standard InChI is InChI=1S/C15H20BrClN2O2.ClH/c1-10(21-14-6-5-11(17)8-13(14)16)15(20)19-7-3-4-12(9-19)18-2;/h5-6,8,10,12,18H,3-4,7,9H2,1-2H3;1H. The number of carbonyl (C=O) groups is 1. The summed E-state index contributed by atoms with van der Waals surface area (Å²) in [4.78, 5) is 14.3. The lowest BCUT2D eigenvalue weighted by Gasteiger charge is -2.34. The zero-order valence-corrected chi connectivity index (χ0v) is 15.8. The van der Waals surface area contributed by atoms with Crippen molar-refractivity contribution in [2.45, 2.75) is 31.9 Å². The molecular weight excluding hydrogens is 391 g/mol. The van der Waals surface area contributed by atoms with E-state index >= 15 is 0 Å². The summed E-state index contributed by atoms with van der Waals surface area (Å²) in [6.45, 7) is 3.32. The number of likely N-dealkylation sites (N-methyl/N-ethyl adjacent to an activating group) is 1. The highest BCUT2D eigenvalue weighted by molar-refractivity contribution is 9.10. The van der Waals surface area contributed by atoms with Crippen molar-refractivity contribution in [2.75, 3.05) is 20.1 Å². The predicted octanol–water partition coefficient (Wildman–Crippen LogP) is 3.50. The normalized spacial score (nSPS) is 19.3. The maximum absolute atomic E-state index is 12.5. The van der Waals surface area contributed by atoms with E-state index in [0.717, 1.165) is 30.4 Å². The number of carbonyl (C=O) groups excluding carboxylic acids is 1. The van der Waals surface area contributed by atoms with Crippen LogP contribution in [0, 0.1) is 0 Å². The van der Waals surface area contributed by atoms with E-state index in [4.69, 9.17) is 16.3 Å². The van der Waals surface area contributed by atoms with E-state index in [9.17, 15) is 4.79 Å². The van der Waals surface area contributed by atoms with Crippen molar-refractivity contribution >= 4 is 45.8 Å². The molecule has 1 heterocycles. The average Bonchev–Trinajstić information content (AvgIpc) is 2.49. The summed E-state index contributed by atoms with van der Waals surface area (Å²) in [5, 5.41) is 3.86. The van der Waals surface area contributed by atoms with E-state index < -0.39 is 6.10 Å². The van der Waals surface area contributed by atoms with Crippen LogP contribution in [-0.4, -0.2) is 43.1 Å². The first-order chi connectivity index (χ1) is 10.0. The third kappa shape index (κ3) is 5.01. The van der Waals surface area contributed by atoms with Crippen LogP contribution in [0.25, 0.3) is 0 Å². The molecule has 2 unspecified atom stereocenters. The Hall–Kier alpha value is -0.490. The Balaban J connectivity index is 0.00000242. The Labute approximate surface area is 151 Å². The SMILES string of the molecule is CNC1CCCN(C(=O)C(C)Oc2ccc(Cl)cc2Br)C1.Cl. The molecule has 2 rings (SSSR count). The van der Waals surface area contributed by atoms with Gasteiger partial charge in [-0.15, -0.1) is 12.4 Å². The fourth-order valence-electron chi connectivity index (χ4n) is 2.48. The molecule has 0 aliphatic carbocycles. The number of benzene rings is 1. The number of rotatable bonds is 4. The highest BCUT2D eigenvalue weighted by Gasteiger charge is 2.27. The molecule has 124 valence electrons. The summed E-state index contributed by atoms with van der Waals surface area (Å²) in [6, 6.07) is 5.64. The fourth-order valence-corrected chi connectivity index (χ4v) is 3.26. The van der Waals surface area contributed by atoms with Crippen LogP contribution in [0.3, 0.4) is 0 Å². The van der Waals surface area contributed by atoms with Crippen molar-refractivity contribution in [3.63, 3.8) is 0 Å². The van der Waals surface area contributed by atoms with Gasteiger partial charge in [0.25, 0.3) is 5.91 Å². The van der Waals surface area contributed by atoms with Crippen LogP contribution in [0.1, 0.15) is 19.8 Å². The lowest BCUT2D eigenvalue weighted by Crippen LogP contribution is -2.50. The second kappa shape index (κ2) is 8.96. The summed E-state index contributed by atoms with van der Waals surface area (Å²) in [7, 11) is 1.93. The smallest absolute Gasteiger partial charge is 0.263 e. The van der Waals surface area contributed by atoms with E-state index in [-0.39, 0.29) is 18.3 Å². The van der Waals surface area contributed by atoms with Crippen molar-refractivity contribution in [1.29, 1.82) is 0 Å². The van der Waals surface area contributed by atoms with E-state index in [2.05, 4.69) is 21.2 Å². The summed E-state index contributed by atoms with van der Waals surface area (Å²) in [6.07, 6.45) is 1.62. The quantitative estimate of drug-likeness (QED) is 0.824. The van der Waals surface area contributed by atoms with Crippen molar-refractivity contribution in [1.82, 2.24) is 10.2 Å². The van der Waals surface area contributed by atoms with Crippen LogP contribution < -0.4 is 10.1 Å². The number of hydrogen-bond acceptors (Lipinski definition) is 3. The number of halogens is 3. The van der Waals surface area contributed by atoms with Crippen molar-refractivity contribution < 1.29 is 9.53 Å². The van der Waals surface area contributed by atoms with Gasteiger partial charge in [-0.3, -0.25) is 4.79 Å². The molecule has 1 amide bonds. The van der Waals surface area contributed by atoms with Crippen LogP contribution in [-0.2, 0) is 4.79 Å². The number of ether oxygens (including phenoxy) is 1. The molecule has 1 N–H and O–H groups in total. The van der Waals surface area contributed by atoms with Crippen molar-refractivity contribution in [2.24, 2.45) is 0 Å². The molecule has 1 fully saturated rings. The third-order valence-corrected chi connectivity index (χ3v) is 4.54. The number of nitrogens with zero attached hydrogens (tertiary/aromatic N) is 1. The average molecular weight is 412 g/mol. The summed E-state index contributed by atoms with van der Waals surface area (Å²) < 4.78 is 6.52. The number of amides is 1. The largest absolute Gasteiger partial charge is 0.480 e. The first kappa shape index (κ1) is 19.6. The number of nitrogens with one attached hydrogen (secondary N) is 1. The van der Waals surface area contributed by atoms with Gasteiger partial charge in [-0.2, -0.15) is 0 Å². The molecule has 0 bridgehead atoms. The van der Waals surface area contributed by atoms with Crippen molar-refractivity contribution in [3.8, 4) is 5.75 Å². The summed E-state index contributed by atoms with van der Waals surface area (Å²) in [5.74, 6) is 0.652. The summed E-state index contributed by atoms with van der Waals surface area (Å²) >= 11 is 9.30. The summed E-state index contributed by atoms with van der Waals surface area (Å²) in [5.41, 5.74) is 0. The van der Waals surface area contributed by atoms with Crippen LogP contribution in [0.5, 0.6) is 5.75 Å². The second-order valence-electron chi connectivity index (χ2n) is 5.25. The molecule has 7 heteroatoms. The molecule has 22 heavy (non-hydrogen) atoms. The Bertz CT molecular complexity index is 516. The first-order valence-corrected chi connectivity index (χ1v) is 8.26. The molecule has 1 saturated heterocycles. The molecule has 2 atom stereocenters. The first-order valence-electron chi connectivity index (χ1n) is 7.09. The fraction of sp³-hybridized carbons (Fsp3) is 0.533. The van der Waals surface area contributed by atoms with Crippen molar-refractivity contribution in [3.05, 3.63) is 27.7 Å². The van der Waals surface area contributed by atoms with Crippen LogP contribution in [0.4, 0.5) is 0 Å². The van der Waals surface area contributed by atoms with Gasteiger partial charge >= 0.3 is 0 Å². The number of piperidine rings is 1. The zero-order valence-electron chi connectivity index (χ0n) is 12.6. The van der Waals surface area contributed by atoms with Gasteiger partial charge in [0.05, 0.1) is 4.47 Å². The minimum Gasteiger partial charge on any atom is -0.480 e. The van der Waals surface area contributed by atoms with E-state index in [1.165, 1.54) is 0 Å². The Morgan fingerprint density at radius 2 is 2.27 bits per heavy atom. The van der Waals surface area contributed by atoms with Gasteiger partial charge in [0, 0.05) is 24.2 Å². The Kier molecular flexibility index (Phi) is 7.97. The molecule has 0 saturated carbocycles. The van der Waals surface area contributed by atoms with E-state index in [0.29, 0.717) is 16.8 Å². The molecule has 1 aromatic carbocycles. The highest BCUT2D eigenvalue weighted by atomic mass is 79.9. The number of likely N-dealkylation sites (tertiary alicyclic amines) is 1. The second-order valence-corrected chi connectivity index (χ2v) is 6.54.